The molecule has 0 aromatic heterocycles. The summed E-state index contributed by atoms with van der Waals surface area (Å²) in [6.07, 6.45) is 0. The highest BCUT2D eigenvalue weighted by atomic mass is 16.5. The SMILES string of the molecule is CCN(C)C(=O)COc1cc(C)ccc1C(=O)O. The van der Waals surface area contributed by atoms with Crippen molar-refractivity contribution in [3.8, 4) is 5.75 Å². The molecule has 0 aliphatic rings. The summed E-state index contributed by atoms with van der Waals surface area (Å²) in [5, 5.41) is 9.00. The van der Waals surface area contributed by atoms with Gasteiger partial charge in [0.1, 0.15) is 11.3 Å². The molecule has 1 rings (SSSR count). The molecule has 5 heteroatoms. The fraction of sp³-hybridized carbons (Fsp3) is 0.385. The molecule has 0 fully saturated rings. The van der Waals surface area contributed by atoms with E-state index in [1.807, 2.05) is 13.8 Å². The lowest BCUT2D eigenvalue weighted by Gasteiger charge is -2.15. The van der Waals surface area contributed by atoms with Crippen LogP contribution in [0.15, 0.2) is 18.2 Å². The number of aromatic carboxylic acids is 1. The maximum Gasteiger partial charge on any atom is 0.339 e. The molecule has 98 valence electrons. The Morgan fingerprint density at radius 2 is 2.06 bits per heavy atom. The lowest BCUT2D eigenvalue weighted by atomic mass is 10.1. The van der Waals surface area contributed by atoms with Crippen LogP contribution in [-0.2, 0) is 4.79 Å². The van der Waals surface area contributed by atoms with E-state index in [9.17, 15) is 9.59 Å². The number of amides is 1. The molecule has 0 atom stereocenters. The quantitative estimate of drug-likeness (QED) is 0.862. The predicted molar refractivity (Wildman–Crippen MR) is 66.9 cm³/mol. The number of aryl methyl sites for hydroxylation is 1. The van der Waals surface area contributed by atoms with Crippen LogP contribution in [0.3, 0.4) is 0 Å². The number of carbonyl (C=O) groups excluding carboxylic acids is 1. The van der Waals surface area contributed by atoms with Crippen molar-refractivity contribution in [3.05, 3.63) is 29.3 Å². The topological polar surface area (TPSA) is 66.8 Å². The van der Waals surface area contributed by atoms with E-state index in [1.165, 1.54) is 11.0 Å². The van der Waals surface area contributed by atoms with E-state index >= 15 is 0 Å². The van der Waals surface area contributed by atoms with E-state index < -0.39 is 5.97 Å². The van der Waals surface area contributed by atoms with Crippen molar-refractivity contribution in [3.63, 3.8) is 0 Å². The standard InChI is InChI=1S/C13H17NO4/c1-4-14(3)12(15)8-18-11-7-9(2)5-6-10(11)13(16)17/h5-7H,4,8H2,1-3H3,(H,16,17). The number of ether oxygens (including phenoxy) is 1. The molecule has 0 saturated carbocycles. The first-order valence-corrected chi connectivity index (χ1v) is 5.66. The number of hydrogen-bond donors (Lipinski definition) is 1. The normalized spacial score (nSPS) is 9.94. The van der Waals surface area contributed by atoms with Crippen LogP contribution < -0.4 is 4.74 Å². The van der Waals surface area contributed by atoms with Gasteiger partial charge in [0.2, 0.25) is 0 Å². The second-order valence-corrected chi connectivity index (χ2v) is 4.00. The zero-order chi connectivity index (χ0) is 13.7. The number of rotatable bonds is 5. The lowest BCUT2D eigenvalue weighted by Crippen LogP contribution is -2.31. The zero-order valence-electron chi connectivity index (χ0n) is 10.8. The molecule has 0 bridgehead atoms. The van der Waals surface area contributed by atoms with Crippen LogP contribution in [0.25, 0.3) is 0 Å². The Hall–Kier alpha value is -2.04. The summed E-state index contributed by atoms with van der Waals surface area (Å²) in [7, 11) is 1.67. The fourth-order valence-electron chi connectivity index (χ4n) is 1.35. The largest absolute Gasteiger partial charge is 0.483 e. The van der Waals surface area contributed by atoms with E-state index in [0.717, 1.165) is 5.56 Å². The number of hydrogen-bond acceptors (Lipinski definition) is 3. The van der Waals surface area contributed by atoms with Crippen LogP contribution in [0, 0.1) is 6.92 Å². The highest BCUT2D eigenvalue weighted by Crippen LogP contribution is 2.20. The minimum Gasteiger partial charge on any atom is -0.483 e. The number of benzene rings is 1. The average molecular weight is 251 g/mol. The van der Waals surface area contributed by atoms with Gasteiger partial charge in [0.25, 0.3) is 5.91 Å². The predicted octanol–water partition coefficient (Wildman–Crippen LogP) is 1.55. The Morgan fingerprint density at radius 1 is 1.39 bits per heavy atom. The first-order valence-electron chi connectivity index (χ1n) is 5.66. The first kappa shape index (κ1) is 14.0. The van der Waals surface area contributed by atoms with Crippen LogP contribution >= 0.6 is 0 Å². The summed E-state index contributed by atoms with van der Waals surface area (Å²) >= 11 is 0. The second-order valence-electron chi connectivity index (χ2n) is 4.00. The van der Waals surface area contributed by atoms with Crippen molar-refractivity contribution < 1.29 is 19.4 Å². The fourth-order valence-corrected chi connectivity index (χ4v) is 1.35. The van der Waals surface area contributed by atoms with E-state index in [2.05, 4.69) is 0 Å². The molecule has 1 amide bonds. The Labute approximate surface area is 106 Å². The van der Waals surface area contributed by atoms with Gasteiger partial charge in [0.05, 0.1) is 0 Å². The lowest BCUT2D eigenvalue weighted by molar-refractivity contribution is -0.131. The molecule has 0 spiro atoms. The minimum absolute atomic E-state index is 0.0625. The Morgan fingerprint density at radius 3 is 2.61 bits per heavy atom. The van der Waals surface area contributed by atoms with Crippen LogP contribution in [0.1, 0.15) is 22.8 Å². The first-order chi connectivity index (χ1) is 8.45. The Bertz CT molecular complexity index is 456. The van der Waals surface area contributed by atoms with Gasteiger partial charge in [0, 0.05) is 13.6 Å². The van der Waals surface area contributed by atoms with Gasteiger partial charge in [-0.2, -0.15) is 0 Å². The number of likely N-dealkylation sites (N-methyl/N-ethyl adjacent to an activating group) is 1. The molecular weight excluding hydrogens is 234 g/mol. The van der Waals surface area contributed by atoms with Gasteiger partial charge in [-0.25, -0.2) is 4.79 Å². The zero-order valence-corrected chi connectivity index (χ0v) is 10.8. The van der Waals surface area contributed by atoms with Gasteiger partial charge < -0.3 is 14.7 Å². The summed E-state index contributed by atoms with van der Waals surface area (Å²) in [4.78, 5) is 24.1. The van der Waals surface area contributed by atoms with Crippen molar-refractivity contribution in [1.82, 2.24) is 4.90 Å². The van der Waals surface area contributed by atoms with Crippen LogP contribution in [-0.4, -0.2) is 42.1 Å². The molecule has 1 N–H and O–H groups in total. The van der Waals surface area contributed by atoms with Crippen molar-refractivity contribution in [1.29, 1.82) is 0 Å². The molecule has 0 unspecified atom stereocenters. The molecule has 0 saturated heterocycles. The number of carbonyl (C=O) groups is 2. The average Bonchev–Trinajstić information content (AvgIpc) is 2.34. The molecule has 18 heavy (non-hydrogen) atoms. The monoisotopic (exact) mass is 251 g/mol. The van der Waals surface area contributed by atoms with E-state index in [0.29, 0.717) is 6.54 Å². The minimum atomic E-state index is -1.07. The van der Waals surface area contributed by atoms with Crippen LogP contribution in [0.2, 0.25) is 0 Å². The van der Waals surface area contributed by atoms with Crippen molar-refractivity contribution in [2.45, 2.75) is 13.8 Å². The highest BCUT2D eigenvalue weighted by Gasteiger charge is 2.14. The maximum atomic E-state index is 11.6. The van der Waals surface area contributed by atoms with Crippen LogP contribution in [0.5, 0.6) is 5.75 Å². The Balaban J connectivity index is 2.81. The summed E-state index contributed by atoms with van der Waals surface area (Å²) in [6.45, 7) is 4.11. The van der Waals surface area contributed by atoms with E-state index in [-0.39, 0.29) is 23.8 Å². The van der Waals surface area contributed by atoms with Gasteiger partial charge in [0.15, 0.2) is 6.61 Å². The van der Waals surface area contributed by atoms with Crippen LogP contribution in [0.4, 0.5) is 0 Å². The summed E-state index contributed by atoms with van der Waals surface area (Å²) in [5.74, 6) is -1.03. The summed E-state index contributed by atoms with van der Waals surface area (Å²) < 4.78 is 5.29. The van der Waals surface area contributed by atoms with Gasteiger partial charge >= 0.3 is 5.97 Å². The smallest absolute Gasteiger partial charge is 0.339 e. The summed E-state index contributed by atoms with van der Waals surface area (Å²) in [6, 6.07) is 4.78. The molecule has 0 heterocycles. The van der Waals surface area contributed by atoms with E-state index in [1.54, 1.807) is 19.2 Å². The summed E-state index contributed by atoms with van der Waals surface area (Å²) in [5.41, 5.74) is 0.943. The van der Waals surface area contributed by atoms with Gasteiger partial charge in [-0.3, -0.25) is 4.79 Å². The third kappa shape index (κ3) is 3.48. The molecule has 1 aromatic carbocycles. The molecule has 0 aliphatic carbocycles. The van der Waals surface area contributed by atoms with Gasteiger partial charge in [-0.05, 0) is 31.5 Å². The van der Waals surface area contributed by atoms with Crippen molar-refractivity contribution in [2.75, 3.05) is 20.2 Å². The molecular formula is C13H17NO4. The number of carboxylic acid groups (broad SMARTS) is 1. The van der Waals surface area contributed by atoms with Crippen molar-refractivity contribution >= 4 is 11.9 Å². The van der Waals surface area contributed by atoms with E-state index in [4.69, 9.17) is 9.84 Å². The number of carboxylic acids is 1. The van der Waals surface area contributed by atoms with Crippen molar-refractivity contribution in [2.24, 2.45) is 0 Å². The molecule has 0 aliphatic heterocycles. The Kier molecular flexibility index (Phi) is 4.71. The molecule has 0 radical (unpaired) electrons. The maximum absolute atomic E-state index is 11.6. The number of nitrogens with zero attached hydrogens (tertiary/aromatic N) is 1. The molecule has 1 aromatic rings. The van der Waals surface area contributed by atoms with Gasteiger partial charge in [-0.15, -0.1) is 0 Å². The third-order valence-electron chi connectivity index (χ3n) is 2.62. The second kappa shape index (κ2) is 6.05. The molecule has 5 nitrogen and oxygen atoms in total. The highest BCUT2D eigenvalue weighted by molar-refractivity contribution is 5.91. The van der Waals surface area contributed by atoms with Gasteiger partial charge in [-0.1, -0.05) is 6.07 Å². The third-order valence-corrected chi connectivity index (χ3v) is 2.62.